The Labute approximate surface area is 192 Å². The smallest absolute Gasteiger partial charge is 0.251 e. The summed E-state index contributed by atoms with van der Waals surface area (Å²) in [6, 6.07) is 15.1. The van der Waals surface area contributed by atoms with Crippen molar-refractivity contribution in [2.24, 2.45) is 0 Å². The number of hydrogen-bond donors (Lipinski definition) is 1. The minimum atomic E-state index is -0.126. The van der Waals surface area contributed by atoms with Crippen LogP contribution in [-0.2, 0) is 17.8 Å². The maximum atomic E-state index is 13.1. The number of carbonyl (C=O) groups excluding carboxylic acids is 2. The standard InChI is InChI=1S/C25H25ClN4O2/c26-19-7-1-5-17(13-19)16-30-23-10-3-9-22(21(23)15-27-30)28-25(32)18-6-2-8-20(14-18)29-12-4-11-24(29)31/h1-2,5-8,13-15,22H,3-4,9-12,16H2,(H,28,32)/t22-/m1/s1. The van der Waals surface area contributed by atoms with Gasteiger partial charge in [0.25, 0.3) is 5.91 Å². The van der Waals surface area contributed by atoms with Crippen LogP contribution in [0.2, 0.25) is 5.02 Å². The minimum absolute atomic E-state index is 0.0727. The van der Waals surface area contributed by atoms with Gasteiger partial charge in [0.1, 0.15) is 0 Å². The van der Waals surface area contributed by atoms with E-state index < -0.39 is 0 Å². The summed E-state index contributed by atoms with van der Waals surface area (Å²) in [5.41, 5.74) is 4.71. The number of rotatable bonds is 5. The Hall–Kier alpha value is -3.12. The summed E-state index contributed by atoms with van der Waals surface area (Å²) >= 11 is 6.13. The molecule has 3 aromatic rings. The normalized spacial score (nSPS) is 18.0. The number of anilines is 1. The van der Waals surface area contributed by atoms with E-state index in [4.69, 9.17) is 11.6 Å². The summed E-state index contributed by atoms with van der Waals surface area (Å²) in [6.45, 7) is 1.37. The van der Waals surface area contributed by atoms with Crippen LogP contribution in [0, 0.1) is 0 Å². The van der Waals surface area contributed by atoms with Crippen molar-refractivity contribution >= 4 is 29.1 Å². The zero-order chi connectivity index (χ0) is 22.1. The SMILES string of the molecule is O=C(N[C@@H]1CCCc2c1cnn2Cc1cccc(Cl)c1)c1cccc(N2CCCC2=O)c1. The van der Waals surface area contributed by atoms with Crippen LogP contribution < -0.4 is 10.2 Å². The number of nitrogens with one attached hydrogen (secondary N) is 1. The Morgan fingerprint density at radius 3 is 2.81 bits per heavy atom. The fraction of sp³-hybridized carbons (Fsp3) is 0.320. The molecule has 1 N–H and O–H groups in total. The van der Waals surface area contributed by atoms with Crippen molar-refractivity contribution in [1.29, 1.82) is 0 Å². The maximum Gasteiger partial charge on any atom is 0.251 e. The summed E-state index contributed by atoms with van der Waals surface area (Å²) in [5.74, 6) is -0.00876. The number of hydrogen-bond acceptors (Lipinski definition) is 3. The molecule has 0 bridgehead atoms. The second-order valence-electron chi connectivity index (χ2n) is 8.45. The van der Waals surface area contributed by atoms with Gasteiger partial charge in [-0.1, -0.05) is 29.8 Å². The van der Waals surface area contributed by atoms with Crippen molar-refractivity contribution in [3.05, 3.63) is 82.1 Å². The third-order valence-electron chi connectivity index (χ3n) is 6.28. The second-order valence-corrected chi connectivity index (χ2v) is 8.89. The summed E-state index contributed by atoms with van der Waals surface area (Å²) < 4.78 is 2.01. The van der Waals surface area contributed by atoms with Gasteiger partial charge in [0, 0.05) is 40.5 Å². The number of nitrogens with zero attached hydrogens (tertiary/aromatic N) is 3. The van der Waals surface area contributed by atoms with Crippen molar-refractivity contribution in [2.45, 2.75) is 44.7 Å². The molecule has 32 heavy (non-hydrogen) atoms. The van der Waals surface area contributed by atoms with E-state index in [0.29, 0.717) is 30.1 Å². The molecular weight excluding hydrogens is 424 g/mol. The van der Waals surface area contributed by atoms with E-state index in [9.17, 15) is 9.59 Å². The van der Waals surface area contributed by atoms with Gasteiger partial charge in [0.2, 0.25) is 5.91 Å². The first-order valence-corrected chi connectivity index (χ1v) is 11.5. The van der Waals surface area contributed by atoms with Crippen molar-refractivity contribution in [3.63, 3.8) is 0 Å². The van der Waals surface area contributed by atoms with Gasteiger partial charge in [-0.25, -0.2) is 0 Å². The third kappa shape index (κ3) is 4.15. The minimum Gasteiger partial charge on any atom is -0.345 e. The van der Waals surface area contributed by atoms with Crippen LogP contribution in [0.15, 0.2) is 54.7 Å². The van der Waals surface area contributed by atoms with Gasteiger partial charge in [-0.2, -0.15) is 5.10 Å². The van der Waals surface area contributed by atoms with Crippen LogP contribution in [0.25, 0.3) is 0 Å². The van der Waals surface area contributed by atoms with Crippen LogP contribution >= 0.6 is 11.6 Å². The Balaban J connectivity index is 1.33. The summed E-state index contributed by atoms with van der Waals surface area (Å²) in [6.07, 6.45) is 6.12. The molecule has 1 fully saturated rings. The van der Waals surface area contributed by atoms with Gasteiger partial charge in [-0.3, -0.25) is 14.3 Å². The average molecular weight is 449 g/mol. The van der Waals surface area contributed by atoms with Crippen LogP contribution in [0.1, 0.15) is 58.9 Å². The predicted molar refractivity (Wildman–Crippen MR) is 124 cm³/mol. The Bertz CT molecular complexity index is 1170. The lowest BCUT2D eigenvalue weighted by Crippen LogP contribution is -2.31. The molecule has 1 aliphatic carbocycles. The molecule has 5 rings (SSSR count). The Kier molecular flexibility index (Phi) is 5.70. The van der Waals surface area contributed by atoms with Gasteiger partial charge in [0.15, 0.2) is 0 Å². The highest BCUT2D eigenvalue weighted by molar-refractivity contribution is 6.30. The quantitative estimate of drug-likeness (QED) is 0.624. The monoisotopic (exact) mass is 448 g/mol. The van der Waals surface area contributed by atoms with Crippen LogP contribution in [-0.4, -0.2) is 28.1 Å². The molecule has 164 valence electrons. The number of amides is 2. The molecule has 0 radical (unpaired) electrons. The molecule has 0 saturated carbocycles. The van der Waals surface area contributed by atoms with Crippen molar-refractivity contribution < 1.29 is 9.59 Å². The predicted octanol–water partition coefficient (Wildman–Crippen LogP) is 4.52. The number of fused-ring (bicyclic) bond motifs is 1. The largest absolute Gasteiger partial charge is 0.345 e. The summed E-state index contributed by atoms with van der Waals surface area (Å²) in [4.78, 5) is 26.9. The van der Waals surface area contributed by atoms with Gasteiger partial charge >= 0.3 is 0 Å². The lowest BCUT2D eigenvalue weighted by atomic mass is 9.92. The average Bonchev–Trinajstić information content (AvgIpc) is 3.41. The molecule has 0 spiro atoms. The molecule has 1 aromatic heterocycles. The molecule has 1 aliphatic heterocycles. The number of carbonyl (C=O) groups is 2. The first kappa shape index (κ1) is 20.8. The van der Waals surface area contributed by atoms with Crippen molar-refractivity contribution in [1.82, 2.24) is 15.1 Å². The molecule has 0 unspecified atom stereocenters. The summed E-state index contributed by atoms with van der Waals surface area (Å²) in [5, 5.41) is 8.51. The second kappa shape index (κ2) is 8.79. The van der Waals surface area contributed by atoms with Gasteiger partial charge in [-0.15, -0.1) is 0 Å². The van der Waals surface area contributed by atoms with Crippen LogP contribution in [0.3, 0.4) is 0 Å². The van der Waals surface area contributed by atoms with E-state index in [0.717, 1.165) is 48.2 Å². The molecular formula is C25H25ClN4O2. The molecule has 1 saturated heterocycles. The number of benzene rings is 2. The lowest BCUT2D eigenvalue weighted by molar-refractivity contribution is -0.117. The zero-order valence-electron chi connectivity index (χ0n) is 17.8. The fourth-order valence-corrected chi connectivity index (χ4v) is 4.90. The van der Waals surface area contributed by atoms with Gasteiger partial charge in [-0.05, 0) is 61.6 Å². The first-order valence-electron chi connectivity index (χ1n) is 11.1. The van der Waals surface area contributed by atoms with Gasteiger partial charge in [0.05, 0.1) is 18.8 Å². The first-order chi connectivity index (χ1) is 15.6. The number of aromatic nitrogens is 2. The molecule has 7 heteroatoms. The molecule has 2 heterocycles. The lowest BCUT2D eigenvalue weighted by Gasteiger charge is -2.24. The van der Waals surface area contributed by atoms with Gasteiger partial charge < -0.3 is 10.2 Å². The van der Waals surface area contributed by atoms with E-state index in [1.807, 2.05) is 53.3 Å². The highest BCUT2D eigenvalue weighted by Gasteiger charge is 2.27. The highest BCUT2D eigenvalue weighted by atomic mass is 35.5. The van der Waals surface area contributed by atoms with E-state index in [1.54, 1.807) is 11.0 Å². The Morgan fingerprint density at radius 1 is 1.12 bits per heavy atom. The van der Waals surface area contributed by atoms with E-state index in [2.05, 4.69) is 10.4 Å². The molecule has 2 aliphatic rings. The zero-order valence-corrected chi connectivity index (χ0v) is 18.5. The molecule has 2 amide bonds. The maximum absolute atomic E-state index is 13.1. The highest BCUT2D eigenvalue weighted by Crippen LogP contribution is 2.31. The van der Waals surface area contributed by atoms with E-state index in [-0.39, 0.29) is 17.9 Å². The molecule has 2 aromatic carbocycles. The molecule has 1 atom stereocenters. The topological polar surface area (TPSA) is 67.2 Å². The Morgan fingerprint density at radius 2 is 2.00 bits per heavy atom. The third-order valence-corrected chi connectivity index (χ3v) is 6.52. The van der Waals surface area contributed by atoms with Crippen molar-refractivity contribution in [3.8, 4) is 0 Å². The number of halogens is 1. The fourth-order valence-electron chi connectivity index (χ4n) is 4.69. The molecule has 6 nitrogen and oxygen atoms in total. The summed E-state index contributed by atoms with van der Waals surface area (Å²) in [7, 11) is 0. The van der Waals surface area contributed by atoms with Crippen molar-refractivity contribution in [2.75, 3.05) is 11.4 Å². The van der Waals surface area contributed by atoms with Crippen LogP contribution in [0.5, 0.6) is 0 Å². The van der Waals surface area contributed by atoms with E-state index in [1.165, 1.54) is 0 Å². The van der Waals surface area contributed by atoms with E-state index >= 15 is 0 Å². The van der Waals surface area contributed by atoms with Crippen LogP contribution in [0.4, 0.5) is 5.69 Å².